The topological polar surface area (TPSA) is 63.9 Å². The van der Waals surface area contributed by atoms with Crippen molar-refractivity contribution in [1.82, 2.24) is 0 Å². The van der Waals surface area contributed by atoms with Crippen LogP contribution in [0.25, 0.3) is 0 Å². The Balaban J connectivity index is 1.65. The smallest absolute Gasteiger partial charge is 0.262 e. The monoisotopic (exact) mass is 348 g/mol. The molecule has 6 heteroatoms. The highest BCUT2D eigenvalue weighted by Gasteiger charge is 2.36. The van der Waals surface area contributed by atoms with Gasteiger partial charge >= 0.3 is 0 Å². The number of nitrogens with one attached hydrogen (secondary N) is 1. The molecule has 0 bridgehead atoms. The summed E-state index contributed by atoms with van der Waals surface area (Å²) in [6.45, 7) is 2.07. The zero-order valence-corrected chi connectivity index (χ0v) is 14.1. The molecule has 0 fully saturated rings. The predicted molar refractivity (Wildman–Crippen MR) is 95.6 cm³/mol. The standard InChI is InChI=1S/C20H16N2O4/c1-12-6-8-17(26-12)19-21-15-5-3-2-4-14(15)20(23)22(19)13-7-9-16-18(10-13)25-11-24-16/h2-10,19,21H,11H2,1H3. The number of benzene rings is 2. The van der Waals surface area contributed by atoms with Gasteiger partial charge in [0.25, 0.3) is 5.91 Å². The summed E-state index contributed by atoms with van der Waals surface area (Å²) in [5.41, 5.74) is 2.11. The van der Waals surface area contributed by atoms with E-state index in [2.05, 4.69) is 5.32 Å². The maximum atomic E-state index is 13.3. The van der Waals surface area contributed by atoms with Gasteiger partial charge in [-0.15, -0.1) is 0 Å². The number of carbonyl (C=O) groups excluding carboxylic acids is 1. The van der Waals surface area contributed by atoms with Gasteiger partial charge in [0.2, 0.25) is 6.79 Å². The lowest BCUT2D eigenvalue weighted by molar-refractivity contribution is 0.0971. The fourth-order valence-electron chi connectivity index (χ4n) is 3.35. The highest BCUT2D eigenvalue weighted by Crippen LogP contribution is 2.41. The van der Waals surface area contributed by atoms with Crippen LogP contribution < -0.4 is 19.7 Å². The largest absolute Gasteiger partial charge is 0.462 e. The van der Waals surface area contributed by atoms with Gasteiger partial charge in [0.05, 0.1) is 11.3 Å². The number of fused-ring (bicyclic) bond motifs is 2. The molecular formula is C20H16N2O4. The Hall–Kier alpha value is -3.41. The molecule has 2 aliphatic rings. The molecule has 5 rings (SSSR count). The Kier molecular flexibility index (Phi) is 3.18. The minimum Gasteiger partial charge on any atom is -0.462 e. The van der Waals surface area contributed by atoms with Crippen molar-refractivity contribution in [2.75, 3.05) is 17.0 Å². The first-order valence-electron chi connectivity index (χ1n) is 8.36. The van der Waals surface area contributed by atoms with Crippen LogP contribution in [0.1, 0.15) is 28.0 Å². The number of aryl methyl sites for hydroxylation is 1. The summed E-state index contributed by atoms with van der Waals surface area (Å²) >= 11 is 0. The van der Waals surface area contributed by atoms with E-state index in [1.54, 1.807) is 4.90 Å². The van der Waals surface area contributed by atoms with Crippen molar-refractivity contribution in [3.8, 4) is 11.5 Å². The summed E-state index contributed by atoms with van der Waals surface area (Å²) in [6.07, 6.45) is -0.452. The third kappa shape index (κ3) is 2.23. The number of furan rings is 1. The summed E-state index contributed by atoms with van der Waals surface area (Å²) in [5, 5.41) is 3.41. The van der Waals surface area contributed by atoms with Gasteiger partial charge in [0.1, 0.15) is 11.5 Å². The number of amides is 1. The van der Waals surface area contributed by atoms with E-state index in [0.717, 1.165) is 11.4 Å². The van der Waals surface area contributed by atoms with Crippen LogP contribution in [0.15, 0.2) is 59.0 Å². The van der Waals surface area contributed by atoms with Crippen molar-refractivity contribution in [2.24, 2.45) is 0 Å². The van der Waals surface area contributed by atoms with E-state index in [1.807, 2.05) is 61.5 Å². The van der Waals surface area contributed by atoms with Gasteiger partial charge in [-0.3, -0.25) is 9.69 Å². The summed E-state index contributed by atoms with van der Waals surface area (Å²) in [7, 11) is 0. The Morgan fingerprint density at radius 1 is 1.04 bits per heavy atom. The molecule has 0 spiro atoms. The third-order valence-corrected chi connectivity index (χ3v) is 4.59. The lowest BCUT2D eigenvalue weighted by atomic mass is 10.1. The molecule has 26 heavy (non-hydrogen) atoms. The van der Waals surface area contributed by atoms with Crippen molar-refractivity contribution >= 4 is 17.3 Å². The van der Waals surface area contributed by atoms with E-state index in [-0.39, 0.29) is 12.7 Å². The number of nitrogens with zero attached hydrogens (tertiary/aromatic N) is 1. The van der Waals surface area contributed by atoms with Crippen molar-refractivity contribution in [3.05, 3.63) is 71.7 Å². The maximum Gasteiger partial charge on any atom is 0.262 e. The fourth-order valence-corrected chi connectivity index (χ4v) is 3.35. The first-order chi connectivity index (χ1) is 12.7. The molecular weight excluding hydrogens is 332 g/mol. The molecule has 0 saturated heterocycles. The van der Waals surface area contributed by atoms with Crippen LogP contribution >= 0.6 is 0 Å². The second-order valence-corrected chi connectivity index (χ2v) is 6.25. The van der Waals surface area contributed by atoms with Gasteiger partial charge < -0.3 is 19.2 Å². The lowest BCUT2D eigenvalue weighted by Gasteiger charge is -2.36. The minimum absolute atomic E-state index is 0.0998. The summed E-state index contributed by atoms with van der Waals surface area (Å²) in [4.78, 5) is 15.0. The number of anilines is 2. The van der Waals surface area contributed by atoms with Crippen LogP contribution in [0.2, 0.25) is 0 Å². The van der Waals surface area contributed by atoms with Crippen LogP contribution in [0.3, 0.4) is 0 Å². The molecule has 0 aliphatic carbocycles. The Bertz CT molecular complexity index is 1010. The zero-order chi connectivity index (χ0) is 17.7. The average Bonchev–Trinajstić information content (AvgIpc) is 3.29. The molecule has 6 nitrogen and oxygen atoms in total. The molecule has 130 valence electrons. The van der Waals surface area contributed by atoms with E-state index >= 15 is 0 Å². The molecule has 3 heterocycles. The summed E-state index contributed by atoms with van der Waals surface area (Å²) < 4.78 is 16.7. The number of ether oxygens (including phenoxy) is 2. The molecule has 1 aromatic heterocycles. The van der Waals surface area contributed by atoms with Crippen molar-refractivity contribution in [3.63, 3.8) is 0 Å². The predicted octanol–water partition coefficient (Wildman–Crippen LogP) is 4.09. The van der Waals surface area contributed by atoms with E-state index in [4.69, 9.17) is 13.9 Å². The molecule has 0 saturated carbocycles. The highest BCUT2D eigenvalue weighted by atomic mass is 16.7. The number of carbonyl (C=O) groups is 1. The first-order valence-corrected chi connectivity index (χ1v) is 8.36. The van der Waals surface area contributed by atoms with Gasteiger partial charge in [-0.05, 0) is 43.3 Å². The maximum absolute atomic E-state index is 13.3. The summed E-state index contributed by atoms with van der Waals surface area (Å²) in [5.74, 6) is 2.67. The molecule has 3 aromatic rings. The van der Waals surface area contributed by atoms with Crippen LogP contribution in [0.4, 0.5) is 11.4 Å². The Morgan fingerprint density at radius 3 is 2.73 bits per heavy atom. The first kappa shape index (κ1) is 14.9. The number of hydrogen-bond acceptors (Lipinski definition) is 5. The van der Waals surface area contributed by atoms with Gasteiger partial charge in [-0.25, -0.2) is 0 Å². The van der Waals surface area contributed by atoms with E-state index in [9.17, 15) is 4.79 Å². The van der Waals surface area contributed by atoms with Crippen LogP contribution in [0, 0.1) is 6.92 Å². The zero-order valence-electron chi connectivity index (χ0n) is 14.1. The average molecular weight is 348 g/mol. The highest BCUT2D eigenvalue weighted by molar-refractivity contribution is 6.12. The summed E-state index contributed by atoms with van der Waals surface area (Å²) in [6, 6.07) is 16.7. The minimum atomic E-state index is -0.452. The molecule has 2 aromatic carbocycles. The van der Waals surface area contributed by atoms with Crippen LogP contribution in [0.5, 0.6) is 11.5 Å². The molecule has 1 amide bonds. The van der Waals surface area contributed by atoms with Gasteiger partial charge in [-0.2, -0.15) is 0 Å². The molecule has 0 radical (unpaired) electrons. The lowest BCUT2D eigenvalue weighted by Crippen LogP contribution is -2.43. The van der Waals surface area contributed by atoms with Crippen LogP contribution in [-0.4, -0.2) is 12.7 Å². The third-order valence-electron chi connectivity index (χ3n) is 4.59. The van der Waals surface area contributed by atoms with E-state index in [0.29, 0.717) is 28.5 Å². The van der Waals surface area contributed by atoms with Crippen molar-refractivity contribution in [2.45, 2.75) is 13.1 Å². The number of rotatable bonds is 2. The van der Waals surface area contributed by atoms with Crippen molar-refractivity contribution < 1.29 is 18.7 Å². The fraction of sp³-hybridized carbons (Fsp3) is 0.150. The molecule has 1 atom stereocenters. The molecule has 1 unspecified atom stereocenters. The Labute approximate surface area is 149 Å². The van der Waals surface area contributed by atoms with E-state index in [1.165, 1.54) is 0 Å². The number of para-hydroxylation sites is 1. The molecule has 1 N–H and O–H groups in total. The van der Waals surface area contributed by atoms with Crippen LogP contribution in [-0.2, 0) is 0 Å². The second-order valence-electron chi connectivity index (χ2n) is 6.25. The SMILES string of the molecule is Cc1ccc(C2Nc3ccccc3C(=O)N2c2ccc3c(c2)OCO3)o1. The second kappa shape index (κ2) is 5.56. The normalized spacial score (nSPS) is 17.8. The van der Waals surface area contributed by atoms with Gasteiger partial charge in [-0.1, -0.05) is 12.1 Å². The Morgan fingerprint density at radius 2 is 1.88 bits per heavy atom. The quantitative estimate of drug-likeness (QED) is 0.756. The van der Waals surface area contributed by atoms with Gasteiger partial charge in [0.15, 0.2) is 17.7 Å². The van der Waals surface area contributed by atoms with Gasteiger partial charge in [0, 0.05) is 11.8 Å². The number of hydrogen-bond donors (Lipinski definition) is 1. The van der Waals surface area contributed by atoms with E-state index < -0.39 is 6.17 Å². The van der Waals surface area contributed by atoms with Crippen molar-refractivity contribution in [1.29, 1.82) is 0 Å². The molecule has 2 aliphatic heterocycles.